The zero-order valence-corrected chi connectivity index (χ0v) is 47.7. The maximum absolute atomic E-state index is 3.75. The minimum Gasteiger partial charge on any atom is -0.331 e. The fraction of sp³-hybridized carbons (Fsp3) is 0.0769. The highest BCUT2D eigenvalue weighted by Crippen LogP contribution is 2.56. The van der Waals surface area contributed by atoms with Gasteiger partial charge in [-0.05, 0) is 192 Å². The lowest BCUT2D eigenvalue weighted by Gasteiger charge is -2.24. The lowest BCUT2D eigenvalue weighted by atomic mass is 9.80. The molecule has 0 saturated carbocycles. The van der Waals surface area contributed by atoms with Crippen molar-refractivity contribution in [1.29, 1.82) is 0 Å². The van der Waals surface area contributed by atoms with Crippen molar-refractivity contribution < 1.29 is 0 Å². The molecule has 0 aliphatic heterocycles. The van der Waals surface area contributed by atoms with Gasteiger partial charge >= 0.3 is 0 Å². The molecule has 0 radical (unpaired) electrons. The van der Waals surface area contributed by atoms with E-state index in [-0.39, 0.29) is 10.8 Å². The number of rotatable bonds is 1. The Morgan fingerprint density at radius 1 is 0.383 bits per heavy atom. The molecule has 0 unspecified atom stereocenters. The van der Waals surface area contributed by atoms with Crippen molar-refractivity contribution in [2.45, 2.75) is 38.5 Å². The van der Waals surface area contributed by atoms with Gasteiger partial charge in [0.25, 0.3) is 0 Å². The highest BCUT2D eigenvalue weighted by molar-refractivity contribution is 14.1. The molecule has 81 heavy (non-hydrogen) atoms. The van der Waals surface area contributed by atoms with Gasteiger partial charge in [-0.2, -0.15) is 0 Å². The van der Waals surface area contributed by atoms with E-state index in [1.165, 1.54) is 162 Å². The number of para-hydroxylation sites is 2. The quantitative estimate of drug-likeness (QED) is 0.0961. The monoisotopic (exact) mass is 1150 g/mol. The van der Waals surface area contributed by atoms with Crippen LogP contribution in [0.1, 0.15) is 61.2 Å². The van der Waals surface area contributed by atoms with E-state index in [4.69, 9.17) is 0 Å². The molecule has 13 aromatic carbocycles. The number of hydrogen-bond donors (Lipinski definition) is 1. The summed E-state index contributed by atoms with van der Waals surface area (Å²) in [5, 5.41) is 19.9. The minimum absolute atomic E-state index is 0.101. The number of aromatic amines is 1. The molecular weight excluding hydrogens is 1090 g/mol. The molecule has 2 nitrogen and oxygen atoms in total. The Kier molecular flexibility index (Phi) is 10.6. The Labute approximate surface area is 484 Å². The second-order valence-corrected chi connectivity index (χ2v) is 24.4. The topological polar surface area (TPSA) is 20.7 Å². The number of allylic oxidation sites excluding steroid dienone is 2. The van der Waals surface area contributed by atoms with Crippen molar-refractivity contribution in [3.8, 4) is 27.9 Å². The van der Waals surface area contributed by atoms with Crippen LogP contribution in [0.2, 0.25) is 0 Å². The number of aromatic nitrogens is 2. The van der Waals surface area contributed by atoms with Gasteiger partial charge in [0.2, 0.25) is 0 Å². The molecule has 0 fully saturated rings. The first kappa shape index (κ1) is 47.8. The molecule has 0 bridgehead atoms. The second kappa shape index (κ2) is 17.9. The van der Waals surface area contributed by atoms with E-state index in [1.807, 2.05) is 24.3 Å². The van der Waals surface area contributed by atoms with E-state index in [1.54, 1.807) is 0 Å². The molecule has 0 spiro atoms. The lowest BCUT2D eigenvalue weighted by Crippen LogP contribution is -2.16. The Bertz CT molecular complexity index is 5220. The third-order valence-electron chi connectivity index (χ3n) is 18.1. The molecular formula is C78H54IN2+. The molecule has 0 saturated heterocycles. The first-order valence-corrected chi connectivity index (χ1v) is 29.3. The zero-order valence-electron chi connectivity index (χ0n) is 45.5. The van der Waals surface area contributed by atoms with Gasteiger partial charge < -0.3 is 9.55 Å². The van der Waals surface area contributed by atoms with Crippen LogP contribution in [0.5, 0.6) is 0 Å². The van der Waals surface area contributed by atoms with E-state index < -0.39 is 0 Å². The molecule has 1 N–H and O–H groups in total. The number of fused-ring (bicyclic) bond motifs is 26. The van der Waals surface area contributed by atoms with Crippen LogP contribution in [0, 0.1) is 9.65 Å². The molecule has 2 heterocycles. The molecule has 3 aliphatic carbocycles. The van der Waals surface area contributed by atoms with Crippen molar-refractivity contribution in [2.75, 3.05) is 0 Å². The maximum Gasteiger partial charge on any atom is 0.161 e. The first-order valence-electron chi connectivity index (χ1n) is 28.2. The van der Waals surface area contributed by atoms with Crippen molar-refractivity contribution in [1.82, 2.24) is 9.55 Å². The Morgan fingerprint density at radius 2 is 0.802 bits per heavy atom. The SMILES string of the molecule is CC1(C)c2cc3c4ccccc4c4ccccc4c3cc2-c2ccc3c4c([nH]c3c21)C=C[C+]=C4.CC1(C)c2cc3c4ccccc4c4ccccc4c3cc2-c2ccc3c4ccccc4n(-c4ccccc4)c3c21.Ic1ccccc1. The number of nitrogens with one attached hydrogen (secondary N) is 1. The van der Waals surface area contributed by atoms with Gasteiger partial charge in [0.05, 0.1) is 28.0 Å². The number of nitrogens with zero attached hydrogens (tertiary/aromatic N) is 1. The molecule has 3 heteroatoms. The maximum atomic E-state index is 3.75. The van der Waals surface area contributed by atoms with Gasteiger partial charge in [-0.25, -0.2) is 0 Å². The van der Waals surface area contributed by atoms with Crippen LogP contribution in [0.25, 0.3) is 137 Å². The van der Waals surface area contributed by atoms with Crippen molar-refractivity contribution in [2.24, 2.45) is 0 Å². The molecule has 0 atom stereocenters. The Balaban J connectivity index is 0.000000121. The first-order chi connectivity index (χ1) is 39.6. The van der Waals surface area contributed by atoms with Crippen LogP contribution in [0.3, 0.4) is 0 Å². The van der Waals surface area contributed by atoms with E-state index in [0.29, 0.717) is 0 Å². The predicted molar refractivity (Wildman–Crippen MR) is 355 cm³/mol. The van der Waals surface area contributed by atoms with Crippen LogP contribution < -0.4 is 0 Å². The smallest absolute Gasteiger partial charge is 0.161 e. The van der Waals surface area contributed by atoms with Crippen molar-refractivity contribution in [3.05, 3.63) is 280 Å². The van der Waals surface area contributed by atoms with Gasteiger partial charge in [-0.3, -0.25) is 0 Å². The summed E-state index contributed by atoms with van der Waals surface area (Å²) in [5.41, 5.74) is 18.3. The van der Waals surface area contributed by atoms with Crippen LogP contribution >= 0.6 is 22.6 Å². The summed E-state index contributed by atoms with van der Waals surface area (Å²) in [6.07, 6.45) is 9.47. The van der Waals surface area contributed by atoms with E-state index in [2.05, 4.69) is 290 Å². The van der Waals surface area contributed by atoms with Gasteiger partial charge in [0.15, 0.2) is 5.69 Å². The number of benzene rings is 13. The number of hydrogen-bond acceptors (Lipinski definition) is 0. The Morgan fingerprint density at radius 3 is 1.31 bits per heavy atom. The predicted octanol–water partition coefficient (Wildman–Crippen LogP) is 21.6. The molecule has 382 valence electrons. The zero-order chi connectivity index (χ0) is 54.3. The summed E-state index contributed by atoms with van der Waals surface area (Å²) in [6, 6.07) is 84.6. The van der Waals surface area contributed by atoms with Crippen LogP contribution in [-0.2, 0) is 10.8 Å². The van der Waals surface area contributed by atoms with Crippen LogP contribution in [-0.4, -0.2) is 9.55 Å². The highest BCUT2D eigenvalue weighted by Gasteiger charge is 2.41. The van der Waals surface area contributed by atoms with E-state index in [0.717, 1.165) is 0 Å². The molecule has 15 aromatic rings. The summed E-state index contributed by atoms with van der Waals surface area (Å²) >= 11 is 2.28. The summed E-state index contributed by atoms with van der Waals surface area (Å²) in [4.78, 5) is 3.75. The van der Waals surface area contributed by atoms with Gasteiger partial charge in [0.1, 0.15) is 17.7 Å². The fourth-order valence-electron chi connectivity index (χ4n) is 14.6. The third-order valence-corrected chi connectivity index (χ3v) is 18.9. The molecule has 0 amide bonds. The van der Waals surface area contributed by atoms with Crippen molar-refractivity contribution in [3.63, 3.8) is 0 Å². The third kappa shape index (κ3) is 7.02. The highest BCUT2D eigenvalue weighted by atomic mass is 127. The van der Waals surface area contributed by atoms with Gasteiger partial charge in [-0.15, -0.1) is 0 Å². The summed E-state index contributed by atoms with van der Waals surface area (Å²) < 4.78 is 3.78. The van der Waals surface area contributed by atoms with Gasteiger partial charge in [-0.1, -0.05) is 198 Å². The fourth-order valence-corrected chi connectivity index (χ4v) is 15.0. The Hall–Kier alpha value is -9.12. The molecule has 18 rings (SSSR count). The van der Waals surface area contributed by atoms with Crippen molar-refractivity contribution >= 4 is 132 Å². The largest absolute Gasteiger partial charge is 0.331 e. The average Bonchev–Trinajstić information content (AvgIpc) is 4.32. The normalized spacial score (nSPS) is 14.0. The second-order valence-electron chi connectivity index (χ2n) is 23.2. The van der Waals surface area contributed by atoms with Gasteiger partial charge in [0, 0.05) is 36.9 Å². The summed E-state index contributed by atoms with van der Waals surface area (Å²) in [6.45, 7) is 9.59. The van der Waals surface area contributed by atoms with Crippen LogP contribution in [0.4, 0.5) is 0 Å². The average molecular weight is 1150 g/mol. The van der Waals surface area contributed by atoms with E-state index >= 15 is 0 Å². The van der Waals surface area contributed by atoms with E-state index in [9.17, 15) is 0 Å². The standard InChI is InChI=1S/C39H27N.C33H22N.C6H5I/c1-39(2)35-23-33-28-17-9-7-15-26(28)25-14-6-8-16-27(25)32(33)22-34(35)30-20-21-31-29-18-10-11-19-36(29)40(38(31)37(30)39)24-12-4-3-5-13-24;1-33(2)29-18-27-22-12-6-4-10-20(22)19-9-3-5-11-21(19)26(27)17-28(29)24-15-16-25-23-13-7-8-14-30(23)34-32(25)31(24)33;7-6-4-2-1-3-5-6/h3-23H,1-2H3;3-6,8-18,34H,1-2H3;1-5H/q;+1;. The summed E-state index contributed by atoms with van der Waals surface area (Å²) in [7, 11) is 0. The molecule has 3 aliphatic rings. The number of halogens is 1. The minimum atomic E-state index is -0.161. The molecule has 2 aromatic heterocycles. The lowest BCUT2D eigenvalue weighted by molar-refractivity contribution is 0.664. The van der Waals surface area contributed by atoms with Crippen LogP contribution in [0.15, 0.2) is 237 Å². The summed E-state index contributed by atoms with van der Waals surface area (Å²) in [5.74, 6) is 0. The number of H-pyrrole nitrogens is 1.